The molecule has 33 heavy (non-hydrogen) atoms. The molecular formula is C28H41N3O2. The topological polar surface area (TPSA) is 44.8 Å². The number of carbonyl (C=O) groups is 1. The Bertz CT molecular complexity index is 884. The number of nitrogens with zero attached hydrogens (tertiary/aromatic N) is 2. The molecule has 0 aliphatic rings. The normalized spacial score (nSPS) is 11.2. The van der Waals surface area contributed by atoms with Gasteiger partial charge in [-0.05, 0) is 68.9 Å². The number of hydrogen-bond acceptors (Lipinski definition) is 5. The van der Waals surface area contributed by atoms with Crippen LogP contribution >= 0.6 is 0 Å². The van der Waals surface area contributed by atoms with Gasteiger partial charge in [-0.3, -0.25) is 4.79 Å². The lowest BCUT2D eigenvalue weighted by atomic mass is 10.1. The van der Waals surface area contributed by atoms with Gasteiger partial charge in [0, 0.05) is 37.6 Å². The number of para-hydroxylation sites is 1. The first-order valence-electron chi connectivity index (χ1n) is 12.1. The summed E-state index contributed by atoms with van der Waals surface area (Å²) in [5, 5.41) is 3.46. The van der Waals surface area contributed by atoms with Gasteiger partial charge in [0.25, 0.3) is 0 Å². The zero-order valence-corrected chi connectivity index (χ0v) is 21.1. The number of rotatable bonds is 15. The molecule has 0 fully saturated rings. The summed E-state index contributed by atoms with van der Waals surface area (Å²) in [6.45, 7) is 8.19. The van der Waals surface area contributed by atoms with Gasteiger partial charge < -0.3 is 19.9 Å². The lowest BCUT2D eigenvalue weighted by molar-refractivity contribution is 0.104. The molecule has 0 aliphatic carbocycles. The second-order valence-electron chi connectivity index (χ2n) is 8.59. The third-order valence-corrected chi connectivity index (χ3v) is 5.63. The van der Waals surface area contributed by atoms with E-state index in [2.05, 4.69) is 49.1 Å². The SMILES string of the molecule is CCCCN(CCCC)c1ccc(OC)c(C(=O)/C=C/c2ccccc2NCCN(C)C)c1. The minimum absolute atomic E-state index is 0.0530. The minimum Gasteiger partial charge on any atom is -0.496 e. The number of ether oxygens (including phenoxy) is 1. The van der Waals surface area contributed by atoms with Crippen LogP contribution in [0.1, 0.15) is 55.5 Å². The van der Waals surface area contributed by atoms with Crippen molar-refractivity contribution in [3.05, 3.63) is 59.7 Å². The van der Waals surface area contributed by atoms with Gasteiger partial charge in [0.1, 0.15) is 5.75 Å². The molecule has 2 aromatic carbocycles. The van der Waals surface area contributed by atoms with E-state index in [0.717, 1.165) is 68.8 Å². The van der Waals surface area contributed by atoms with Gasteiger partial charge in [-0.1, -0.05) is 44.9 Å². The highest BCUT2D eigenvalue weighted by Crippen LogP contribution is 2.27. The van der Waals surface area contributed by atoms with Crippen molar-refractivity contribution in [1.29, 1.82) is 0 Å². The summed E-state index contributed by atoms with van der Waals surface area (Å²) in [5.41, 5.74) is 3.70. The quantitative estimate of drug-likeness (QED) is 0.267. The number of carbonyl (C=O) groups excluding carboxylic acids is 1. The second kappa shape index (κ2) is 14.4. The summed E-state index contributed by atoms with van der Waals surface area (Å²) in [6, 6.07) is 14.0. The van der Waals surface area contributed by atoms with E-state index in [1.165, 1.54) is 0 Å². The molecule has 5 nitrogen and oxygen atoms in total. The standard InChI is InChI=1S/C28H41N3O2/c1-6-8-19-31(20-9-7-2)24-15-17-28(33-5)25(22-24)27(32)16-14-23-12-10-11-13-26(23)29-18-21-30(3)4/h10-17,22,29H,6-9,18-21H2,1-5H3/b16-14+. The molecule has 0 unspecified atom stereocenters. The van der Waals surface area contributed by atoms with Gasteiger partial charge in [0.2, 0.25) is 0 Å². The predicted octanol–water partition coefficient (Wildman–Crippen LogP) is 5.97. The van der Waals surface area contributed by atoms with Gasteiger partial charge in [-0.2, -0.15) is 0 Å². The van der Waals surface area contributed by atoms with Crippen LogP contribution in [0.25, 0.3) is 6.08 Å². The molecule has 0 aliphatic heterocycles. The molecule has 5 heteroatoms. The molecule has 0 saturated heterocycles. The Morgan fingerprint density at radius 2 is 1.70 bits per heavy atom. The Morgan fingerprint density at radius 3 is 2.33 bits per heavy atom. The fourth-order valence-corrected chi connectivity index (χ4v) is 3.63. The lowest BCUT2D eigenvalue weighted by Gasteiger charge is -2.25. The zero-order chi connectivity index (χ0) is 24.1. The first-order chi connectivity index (χ1) is 16.0. The van der Waals surface area contributed by atoms with E-state index in [9.17, 15) is 4.79 Å². The highest BCUT2D eigenvalue weighted by molar-refractivity contribution is 6.09. The minimum atomic E-state index is -0.0530. The zero-order valence-electron chi connectivity index (χ0n) is 21.1. The largest absolute Gasteiger partial charge is 0.496 e. The van der Waals surface area contributed by atoms with Crippen LogP contribution < -0.4 is 15.0 Å². The fourth-order valence-electron chi connectivity index (χ4n) is 3.63. The van der Waals surface area contributed by atoms with E-state index < -0.39 is 0 Å². The van der Waals surface area contributed by atoms with Crippen molar-refractivity contribution in [2.24, 2.45) is 0 Å². The van der Waals surface area contributed by atoms with Crippen molar-refractivity contribution in [2.75, 3.05) is 57.6 Å². The van der Waals surface area contributed by atoms with E-state index in [4.69, 9.17) is 4.74 Å². The first-order valence-corrected chi connectivity index (χ1v) is 12.1. The number of allylic oxidation sites excluding steroid dienone is 1. The summed E-state index contributed by atoms with van der Waals surface area (Å²) in [5.74, 6) is 0.555. The molecule has 0 amide bonds. The average Bonchev–Trinajstić information content (AvgIpc) is 2.82. The molecule has 0 bridgehead atoms. The molecule has 2 aromatic rings. The molecule has 0 aromatic heterocycles. The Labute approximate surface area is 200 Å². The lowest BCUT2D eigenvalue weighted by Crippen LogP contribution is -2.25. The molecule has 0 atom stereocenters. The van der Waals surface area contributed by atoms with Gasteiger partial charge in [0.05, 0.1) is 12.7 Å². The maximum Gasteiger partial charge on any atom is 0.189 e. The highest BCUT2D eigenvalue weighted by atomic mass is 16.5. The van der Waals surface area contributed by atoms with E-state index in [1.807, 2.05) is 42.5 Å². The van der Waals surface area contributed by atoms with Crippen molar-refractivity contribution in [3.63, 3.8) is 0 Å². The Kier molecular flexibility index (Phi) is 11.5. The van der Waals surface area contributed by atoms with Crippen molar-refractivity contribution in [1.82, 2.24) is 4.90 Å². The number of methoxy groups -OCH3 is 1. The Hall–Kier alpha value is -2.79. The van der Waals surface area contributed by atoms with Crippen molar-refractivity contribution < 1.29 is 9.53 Å². The third-order valence-electron chi connectivity index (χ3n) is 5.63. The Balaban J connectivity index is 2.24. The van der Waals surface area contributed by atoms with E-state index >= 15 is 0 Å². The van der Waals surface area contributed by atoms with Crippen LogP contribution in [-0.2, 0) is 0 Å². The fraction of sp³-hybridized carbons (Fsp3) is 0.464. The smallest absolute Gasteiger partial charge is 0.189 e. The van der Waals surface area contributed by atoms with Gasteiger partial charge in [-0.15, -0.1) is 0 Å². The van der Waals surface area contributed by atoms with Crippen molar-refractivity contribution in [3.8, 4) is 5.75 Å². The van der Waals surface area contributed by atoms with Crippen LogP contribution in [0.5, 0.6) is 5.75 Å². The van der Waals surface area contributed by atoms with Crippen LogP contribution in [-0.4, -0.2) is 58.1 Å². The van der Waals surface area contributed by atoms with Gasteiger partial charge >= 0.3 is 0 Å². The van der Waals surface area contributed by atoms with E-state index in [-0.39, 0.29) is 5.78 Å². The molecule has 0 heterocycles. The van der Waals surface area contributed by atoms with Crippen molar-refractivity contribution >= 4 is 23.2 Å². The van der Waals surface area contributed by atoms with Crippen LogP contribution in [0.15, 0.2) is 48.5 Å². The Morgan fingerprint density at radius 1 is 1.00 bits per heavy atom. The predicted molar refractivity (Wildman–Crippen MR) is 142 cm³/mol. The number of benzene rings is 2. The van der Waals surface area contributed by atoms with E-state index in [0.29, 0.717) is 11.3 Å². The maximum absolute atomic E-state index is 13.2. The molecule has 1 N–H and O–H groups in total. The summed E-state index contributed by atoms with van der Waals surface area (Å²) in [7, 11) is 5.73. The number of nitrogens with one attached hydrogen (secondary N) is 1. The molecular weight excluding hydrogens is 410 g/mol. The van der Waals surface area contributed by atoms with Gasteiger partial charge in [-0.25, -0.2) is 0 Å². The molecule has 0 saturated carbocycles. The second-order valence-corrected chi connectivity index (χ2v) is 8.59. The van der Waals surface area contributed by atoms with Gasteiger partial charge in [0.15, 0.2) is 5.78 Å². The number of likely N-dealkylation sites (N-methyl/N-ethyl adjacent to an activating group) is 1. The average molecular weight is 452 g/mol. The highest BCUT2D eigenvalue weighted by Gasteiger charge is 2.14. The summed E-state index contributed by atoms with van der Waals surface area (Å²) < 4.78 is 5.52. The molecule has 0 radical (unpaired) electrons. The van der Waals surface area contributed by atoms with Crippen LogP contribution in [0.2, 0.25) is 0 Å². The van der Waals surface area contributed by atoms with Crippen LogP contribution in [0, 0.1) is 0 Å². The summed E-state index contributed by atoms with van der Waals surface area (Å²) in [6.07, 6.45) is 8.10. The number of hydrogen-bond donors (Lipinski definition) is 1. The van der Waals surface area contributed by atoms with Crippen LogP contribution in [0.4, 0.5) is 11.4 Å². The summed E-state index contributed by atoms with van der Waals surface area (Å²) >= 11 is 0. The molecule has 180 valence electrons. The van der Waals surface area contributed by atoms with Crippen molar-refractivity contribution in [2.45, 2.75) is 39.5 Å². The number of unbranched alkanes of at least 4 members (excludes halogenated alkanes) is 2. The summed E-state index contributed by atoms with van der Waals surface area (Å²) in [4.78, 5) is 17.7. The molecule has 2 rings (SSSR count). The number of anilines is 2. The van der Waals surface area contributed by atoms with Crippen LogP contribution in [0.3, 0.4) is 0 Å². The monoisotopic (exact) mass is 451 g/mol. The van der Waals surface area contributed by atoms with E-state index in [1.54, 1.807) is 13.2 Å². The number of ketones is 1. The first kappa shape index (κ1) is 26.5. The molecule has 0 spiro atoms. The maximum atomic E-state index is 13.2. The third kappa shape index (κ3) is 8.58.